The molecule has 0 bridgehead atoms. The first kappa shape index (κ1) is 11.8. The molecule has 0 nitrogen and oxygen atoms in total. The largest absolute Gasteiger partial charge is 0.204 e. The van der Waals surface area contributed by atoms with E-state index in [1.165, 1.54) is 25.0 Å². The van der Waals surface area contributed by atoms with E-state index < -0.39 is 11.6 Å². The lowest BCUT2D eigenvalue weighted by atomic mass is 9.81. The first-order valence-corrected chi connectivity index (χ1v) is 6.08. The highest BCUT2D eigenvalue weighted by Crippen LogP contribution is 2.48. The van der Waals surface area contributed by atoms with Gasteiger partial charge in [0.15, 0.2) is 11.6 Å². The van der Waals surface area contributed by atoms with Gasteiger partial charge in [-0.3, -0.25) is 0 Å². The van der Waals surface area contributed by atoms with E-state index in [2.05, 4.69) is 6.92 Å². The van der Waals surface area contributed by atoms with E-state index in [9.17, 15) is 8.78 Å². The molecule has 1 saturated carbocycles. The Morgan fingerprint density at radius 3 is 2.50 bits per heavy atom. The topological polar surface area (TPSA) is 0 Å². The molecule has 0 aliphatic heterocycles. The predicted molar refractivity (Wildman–Crippen MR) is 61.6 cm³/mol. The van der Waals surface area contributed by atoms with Crippen LogP contribution in [0, 0.1) is 23.0 Å². The van der Waals surface area contributed by atoms with Crippen molar-refractivity contribution >= 4 is 11.6 Å². The molecule has 88 valence electrons. The predicted octanol–water partition coefficient (Wildman–Crippen LogP) is 4.16. The van der Waals surface area contributed by atoms with Crippen LogP contribution in [-0.2, 0) is 6.42 Å². The zero-order chi connectivity index (χ0) is 11.8. The molecule has 1 fully saturated rings. The molecule has 0 radical (unpaired) electrons. The van der Waals surface area contributed by atoms with Crippen molar-refractivity contribution < 1.29 is 8.78 Å². The molecule has 0 aromatic heterocycles. The summed E-state index contributed by atoms with van der Waals surface area (Å²) in [7, 11) is 0. The van der Waals surface area contributed by atoms with E-state index in [1.807, 2.05) is 0 Å². The molecule has 1 aliphatic rings. The van der Waals surface area contributed by atoms with E-state index in [0.29, 0.717) is 11.8 Å². The van der Waals surface area contributed by atoms with Crippen molar-refractivity contribution in [3.8, 4) is 0 Å². The highest BCUT2D eigenvalue weighted by atomic mass is 35.5. The molecule has 1 unspecified atom stereocenters. The molecule has 1 aliphatic carbocycles. The zero-order valence-corrected chi connectivity index (χ0v) is 10.0. The van der Waals surface area contributed by atoms with Gasteiger partial charge in [0, 0.05) is 5.88 Å². The van der Waals surface area contributed by atoms with Crippen LogP contribution in [0.1, 0.15) is 25.3 Å². The second-order valence-corrected chi connectivity index (χ2v) is 5.25. The Morgan fingerprint density at radius 1 is 1.31 bits per heavy atom. The van der Waals surface area contributed by atoms with Crippen molar-refractivity contribution in [3.63, 3.8) is 0 Å². The van der Waals surface area contributed by atoms with Crippen molar-refractivity contribution in [1.29, 1.82) is 0 Å². The van der Waals surface area contributed by atoms with Crippen LogP contribution in [0.3, 0.4) is 0 Å². The Labute approximate surface area is 99.6 Å². The van der Waals surface area contributed by atoms with Gasteiger partial charge in [-0.2, -0.15) is 0 Å². The second kappa shape index (κ2) is 4.33. The third kappa shape index (κ3) is 2.37. The fourth-order valence-corrected chi connectivity index (χ4v) is 2.51. The Bertz CT molecular complexity index is 388. The Morgan fingerprint density at radius 2 is 2.00 bits per heavy atom. The molecule has 0 heterocycles. The van der Waals surface area contributed by atoms with Gasteiger partial charge in [-0.05, 0) is 48.3 Å². The van der Waals surface area contributed by atoms with Gasteiger partial charge in [0.05, 0.1) is 0 Å². The van der Waals surface area contributed by atoms with E-state index >= 15 is 0 Å². The Balaban J connectivity index is 2.15. The van der Waals surface area contributed by atoms with Crippen molar-refractivity contribution in [3.05, 3.63) is 35.4 Å². The van der Waals surface area contributed by atoms with Crippen LogP contribution >= 0.6 is 11.6 Å². The molecule has 1 aromatic rings. The molecule has 2 rings (SSSR count). The fourth-order valence-electron chi connectivity index (χ4n) is 2.20. The molecule has 16 heavy (non-hydrogen) atoms. The summed E-state index contributed by atoms with van der Waals surface area (Å²) < 4.78 is 25.9. The lowest BCUT2D eigenvalue weighted by Crippen LogP contribution is -2.24. The van der Waals surface area contributed by atoms with Crippen molar-refractivity contribution in [2.45, 2.75) is 26.2 Å². The van der Waals surface area contributed by atoms with E-state index in [4.69, 9.17) is 11.6 Å². The normalized spacial score (nSPS) is 19.5. The monoisotopic (exact) mass is 244 g/mol. The van der Waals surface area contributed by atoms with Gasteiger partial charge < -0.3 is 0 Å². The number of hydrogen-bond acceptors (Lipinski definition) is 0. The summed E-state index contributed by atoms with van der Waals surface area (Å²) >= 11 is 6.00. The minimum absolute atomic E-state index is 0.0197. The van der Waals surface area contributed by atoms with Crippen LogP contribution in [0.15, 0.2) is 18.2 Å². The van der Waals surface area contributed by atoms with Gasteiger partial charge in [-0.15, -0.1) is 11.6 Å². The number of halogens is 3. The van der Waals surface area contributed by atoms with Crippen LogP contribution in [-0.4, -0.2) is 5.88 Å². The summed E-state index contributed by atoms with van der Waals surface area (Å²) in [4.78, 5) is 0. The lowest BCUT2D eigenvalue weighted by Gasteiger charge is -2.27. The summed E-state index contributed by atoms with van der Waals surface area (Å²) in [5.41, 5.74) is 0.847. The standard InChI is InChI=1S/C13H15ClF2/c1-13(8-14,10-3-4-10)7-9-2-5-11(15)12(16)6-9/h2,5-6,10H,3-4,7-8H2,1H3. The summed E-state index contributed by atoms with van der Waals surface area (Å²) in [5, 5.41) is 0. The van der Waals surface area contributed by atoms with Crippen LogP contribution < -0.4 is 0 Å². The number of benzene rings is 1. The smallest absolute Gasteiger partial charge is 0.159 e. The SMILES string of the molecule is CC(CCl)(Cc1ccc(F)c(F)c1)C1CC1. The number of hydrogen-bond donors (Lipinski definition) is 0. The lowest BCUT2D eigenvalue weighted by molar-refractivity contribution is 0.312. The molecular weight excluding hydrogens is 230 g/mol. The summed E-state index contributed by atoms with van der Waals surface area (Å²) in [6.07, 6.45) is 3.12. The van der Waals surface area contributed by atoms with Gasteiger partial charge in [-0.25, -0.2) is 8.78 Å². The third-order valence-electron chi connectivity index (χ3n) is 3.46. The van der Waals surface area contributed by atoms with Gasteiger partial charge >= 0.3 is 0 Å². The third-order valence-corrected chi connectivity index (χ3v) is 4.07. The summed E-state index contributed by atoms with van der Waals surface area (Å²) in [6, 6.07) is 4.11. The first-order chi connectivity index (χ1) is 7.55. The van der Waals surface area contributed by atoms with Crippen molar-refractivity contribution in [2.75, 3.05) is 5.88 Å². The maximum Gasteiger partial charge on any atom is 0.159 e. The van der Waals surface area contributed by atoms with Gasteiger partial charge in [0.25, 0.3) is 0 Å². The maximum atomic E-state index is 13.1. The van der Waals surface area contributed by atoms with Crippen molar-refractivity contribution in [2.24, 2.45) is 11.3 Å². The highest BCUT2D eigenvalue weighted by Gasteiger charge is 2.40. The Kier molecular flexibility index (Phi) is 3.20. The Hall–Kier alpha value is -0.630. The minimum Gasteiger partial charge on any atom is -0.204 e. The summed E-state index contributed by atoms with van der Waals surface area (Å²) in [5.74, 6) is -0.359. The van der Waals surface area contributed by atoms with Crippen LogP contribution in [0.25, 0.3) is 0 Å². The van der Waals surface area contributed by atoms with E-state index in [1.54, 1.807) is 6.07 Å². The summed E-state index contributed by atoms with van der Waals surface area (Å²) in [6.45, 7) is 2.12. The molecule has 0 amide bonds. The van der Waals surface area contributed by atoms with Crippen LogP contribution in [0.2, 0.25) is 0 Å². The van der Waals surface area contributed by atoms with E-state index in [-0.39, 0.29) is 5.41 Å². The van der Waals surface area contributed by atoms with E-state index in [0.717, 1.165) is 12.0 Å². The molecule has 1 aromatic carbocycles. The van der Waals surface area contributed by atoms with Gasteiger partial charge in [-0.1, -0.05) is 13.0 Å². The number of alkyl halides is 1. The fraction of sp³-hybridized carbons (Fsp3) is 0.538. The molecular formula is C13H15ClF2. The first-order valence-electron chi connectivity index (χ1n) is 5.55. The maximum absolute atomic E-state index is 13.1. The average molecular weight is 245 g/mol. The number of rotatable bonds is 4. The van der Waals surface area contributed by atoms with Crippen molar-refractivity contribution in [1.82, 2.24) is 0 Å². The van der Waals surface area contributed by atoms with Crippen LogP contribution in [0.5, 0.6) is 0 Å². The zero-order valence-electron chi connectivity index (χ0n) is 9.27. The van der Waals surface area contributed by atoms with Gasteiger partial charge in [0.1, 0.15) is 0 Å². The molecule has 0 saturated heterocycles. The molecule has 3 heteroatoms. The molecule has 0 spiro atoms. The molecule has 0 N–H and O–H groups in total. The average Bonchev–Trinajstić information content (AvgIpc) is 3.07. The quantitative estimate of drug-likeness (QED) is 0.698. The minimum atomic E-state index is -0.789. The second-order valence-electron chi connectivity index (χ2n) is 4.99. The molecule has 1 atom stereocenters. The highest BCUT2D eigenvalue weighted by molar-refractivity contribution is 6.18. The van der Waals surface area contributed by atoms with Crippen LogP contribution in [0.4, 0.5) is 8.78 Å². The van der Waals surface area contributed by atoms with Gasteiger partial charge in [0.2, 0.25) is 0 Å².